The van der Waals surface area contributed by atoms with Gasteiger partial charge in [0.1, 0.15) is 16.6 Å². The van der Waals surface area contributed by atoms with Crippen molar-refractivity contribution in [2.24, 2.45) is 10.1 Å². The molecule has 9 nitrogen and oxygen atoms in total. The fourth-order valence-corrected chi connectivity index (χ4v) is 3.75. The molecule has 0 aliphatic carbocycles. The molecule has 1 N–H and O–H groups in total. The van der Waals surface area contributed by atoms with Crippen LogP contribution in [0.3, 0.4) is 0 Å². The maximum Gasteiger partial charge on any atom is 0.283 e. The number of nitrogens with one attached hydrogen (secondary N) is 1. The summed E-state index contributed by atoms with van der Waals surface area (Å²) in [6.45, 7) is 3.70. The number of furan rings is 1. The Morgan fingerprint density at radius 3 is 2.83 bits per heavy atom. The number of nitro groups is 1. The highest BCUT2D eigenvalue weighted by Crippen LogP contribution is 2.31. The number of carbonyl (C=O) groups excluding carboxylic acids is 1. The van der Waals surface area contributed by atoms with E-state index >= 15 is 0 Å². The normalized spacial score (nSPS) is 17.4. The first kappa shape index (κ1) is 18.8. The van der Waals surface area contributed by atoms with E-state index in [1.54, 1.807) is 25.1 Å². The molecule has 0 radical (unpaired) electrons. The minimum atomic E-state index is -0.522. The number of fused-ring (bicyclic) bond motifs is 1. The Balaban J connectivity index is 1.65. The third-order valence-corrected chi connectivity index (χ3v) is 5.45. The molecule has 4 rings (SSSR count). The van der Waals surface area contributed by atoms with E-state index in [0.717, 1.165) is 5.04 Å². The summed E-state index contributed by atoms with van der Waals surface area (Å²) in [5, 5.41) is 26.0. The lowest BCUT2D eigenvalue weighted by atomic mass is 10.1. The molecule has 0 spiro atoms. The molecule has 2 aromatic rings. The zero-order valence-electron chi connectivity index (χ0n) is 15.5. The van der Waals surface area contributed by atoms with Gasteiger partial charge in [-0.25, -0.2) is 0 Å². The Morgan fingerprint density at radius 1 is 1.34 bits per heavy atom. The summed E-state index contributed by atoms with van der Waals surface area (Å²) >= 11 is 1.28. The van der Waals surface area contributed by atoms with Crippen LogP contribution in [0.2, 0.25) is 0 Å². The molecule has 1 aromatic heterocycles. The van der Waals surface area contributed by atoms with Crippen LogP contribution in [0.5, 0.6) is 0 Å². The molecule has 0 unspecified atom stereocenters. The van der Waals surface area contributed by atoms with Gasteiger partial charge in [0.2, 0.25) is 5.17 Å². The maximum atomic E-state index is 12.4. The summed E-state index contributed by atoms with van der Waals surface area (Å²) < 4.78 is 5.80. The Labute approximate surface area is 169 Å². The summed E-state index contributed by atoms with van der Waals surface area (Å²) in [5.41, 5.74) is 1.49. The van der Waals surface area contributed by atoms with Crippen molar-refractivity contribution in [2.45, 2.75) is 20.3 Å². The molecular weight excluding hydrogens is 394 g/mol. The van der Waals surface area contributed by atoms with Crippen LogP contribution in [-0.4, -0.2) is 31.9 Å². The summed E-state index contributed by atoms with van der Waals surface area (Å²) in [5.74, 6) is 0.300. The predicted octanol–water partition coefficient (Wildman–Crippen LogP) is 4.19. The lowest BCUT2D eigenvalue weighted by Crippen LogP contribution is -2.35. The quantitative estimate of drug-likeness (QED) is 0.458. The van der Waals surface area contributed by atoms with E-state index in [0.29, 0.717) is 34.2 Å². The molecule has 29 heavy (non-hydrogen) atoms. The van der Waals surface area contributed by atoms with Gasteiger partial charge in [0.05, 0.1) is 10.5 Å². The fourth-order valence-electron chi connectivity index (χ4n) is 2.93. The van der Waals surface area contributed by atoms with Crippen molar-refractivity contribution in [1.82, 2.24) is 5.01 Å². The van der Waals surface area contributed by atoms with Crippen molar-refractivity contribution in [1.29, 1.82) is 5.41 Å². The largest absolute Gasteiger partial charge is 0.457 e. The summed E-state index contributed by atoms with van der Waals surface area (Å²) in [6, 6.07) is 7.89. The number of rotatable bonds is 4. The zero-order valence-corrected chi connectivity index (χ0v) is 16.3. The third kappa shape index (κ3) is 3.38. The molecule has 1 amide bonds. The molecule has 0 saturated heterocycles. The lowest BCUT2D eigenvalue weighted by Gasteiger charge is -2.19. The first-order valence-corrected chi connectivity index (χ1v) is 9.53. The van der Waals surface area contributed by atoms with Gasteiger partial charge in [0.25, 0.3) is 11.6 Å². The van der Waals surface area contributed by atoms with Crippen LogP contribution in [0.4, 0.5) is 5.69 Å². The number of amides is 1. The van der Waals surface area contributed by atoms with Crippen molar-refractivity contribution in [3.8, 4) is 11.3 Å². The number of hydrogen-bond acceptors (Lipinski definition) is 7. The zero-order chi connectivity index (χ0) is 20.7. The van der Waals surface area contributed by atoms with Crippen LogP contribution in [0, 0.1) is 22.4 Å². The molecule has 0 fully saturated rings. The van der Waals surface area contributed by atoms with Crippen LogP contribution in [0.15, 0.2) is 50.4 Å². The molecule has 0 bridgehead atoms. The first-order chi connectivity index (χ1) is 13.9. The number of carbonyl (C=O) groups is 1. The summed E-state index contributed by atoms with van der Waals surface area (Å²) in [6.07, 6.45) is 2.15. The number of nitro benzene ring substituents is 1. The molecule has 0 saturated carbocycles. The second kappa shape index (κ2) is 7.13. The standard InChI is InChI=1S/C19H15N5O4S/c1-3-16-22-23-17(20)14(18(25)21-19(23)29-16)9-12-5-7-15(28-12)13-6-4-11(24(26)27)8-10(13)2/h4-9,20H,3H2,1-2H3/b14-9+,20-17?. The molecule has 10 heteroatoms. The van der Waals surface area contributed by atoms with Gasteiger partial charge in [-0.3, -0.25) is 20.3 Å². The minimum absolute atomic E-state index is 0.00514. The number of nitrogens with zero attached hydrogens (tertiary/aromatic N) is 4. The van der Waals surface area contributed by atoms with E-state index in [1.165, 1.54) is 35.0 Å². The highest BCUT2D eigenvalue weighted by Gasteiger charge is 2.35. The van der Waals surface area contributed by atoms with Gasteiger partial charge in [0.15, 0.2) is 5.84 Å². The van der Waals surface area contributed by atoms with Gasteiger partial charge in [-0.1, -0.05) is 6.92 Å². The van der Waals surface area contributed by atoms with Crippen molar-refractivity contribution in [3.63, 3.8) is 0 Å². The Morgan fingerprint density at radius 2 is 2.14 bits per heavy atom. The Bertz CT molecular complexity index is 1160. The third-order valence-electron chi connectivity index (χ3n) is 4.40. The molecule has 146 valence electrons. The van der Waals surface area contributed by atoms with E-state index < -0.39 is 10.8 Å². The van der Waals surface area contributed by atoms with Crippen molar-refractivity contribution in [2.75, 3.05) is 0 Å². The molecule has 3 heterocycles. The van der Waals surface area contributed by atoms with Crippen molar-refractivity contribution >= 4 is 45.5 Å². The number of hydrazone groups is 1. The lowest BCUT2D eigenvalue weighted by molar-refractivity contribution is -0.384. The number of amidine groups is 2. The smallest absolute Gasteiger partial charge is 0.283 e. The SMILES string of the molecule is CCC1=NN2C(=N)/C(=C\c3ccc(-c4ccc([N+](=O)[O-])cc4C)o3)C(=O)N=C2S1. The van der Waals surface area contributed by atoms with E-state index in [1.807, 2.05) is 6.92 Å². The first-order valence-electron chi connectivity index (χ1n) is 8.71. The number of non-ortho nitro benzene ring substituents is 1. The second-order valence-corrected chi connectivity index (χ2v) is 7.37. The van der Waals surface area contributed by atoms with E-state index in [9.17, 15) is 14.9 Å². The van der Waals surface area contributed by atoms with Gasteiger partial charge < -0.3 is 4.42 Å². The highest BCUT2D eigenvalue weighted by molar-refractivity contribution is 8.26. The van der Waals surface area contributed by atoms with Crippen LogP contribution in [0.25, 0.3) is 17.4 Å². The van der Waals surface area contributed by atoms with E-state index in [-0.39, 0.29) is 17.1 Å². The monoisotopic (exact) mass is 409 g/mol. The van der Waals surface area contributed by atoms with Crippen LogP contribution in [-0.2, 0) is 4.79 Å². The topological polar surface area (TPSA) is 125 Å². The molecule has 1 aromatic carbocycles. The van der Waals surface area contributed by atoms with Crippen LogP contribution >= 0.6 is 11.8 Å². The number of hydrogen-bond donors (Lipinski definition) is 1. The maximum absolute atomic E-state index is 12.4. The summed E-state index contributed by atoms with van der Waals surface area (Å²) in [7, 11) is 0. The molecule has 0 atom stereocenters. The van der Waals surface area contributed by atoms with E-state index in [2.05, 4.69) is 10.1 Å². The van der Waals surface area contributed by atoms with Gasteiger partial charge >= 0.3 is 0 Å². The fraction of sp³-hybridized carbons (Fsp3) is 0.158. The van der Waals surface area contributed by atoms with Gasteiger partial charge in [-0.05, 0) is 54.9 Å². The van der Waals surface area contributed by atoms with Gasteiger partial charge in [-0.2, -0.15) is 15.1 Å². The summed E-state index contributed by atoms with van der Waals surface area (Å²) in [4.78, 5) is 26.9. The van der Waals surface area contributed by atoms with Crippen LogP contribution in [0.1, 0.15) is 24.7 Å². The average Bonchev–Trinajstić information content (AvgIpc) is 3.31. The van der Waals surface area contributed by atoms with Crippen molar-refractivity contribution < 1.29 is 14.1 Å². The van der Waals surface area contributed by atoms with Gasteiger partial charge in [0, 0.05) is 17.7 Å². The van der Waals surface area contributed by atoms with E-state index in [4.69, 9.17) is 9.83 Å². The number of aliphatic imine (C=N–C) groups is 1. The van der Waals surface area contributed by atoms with Gasteiger partial charge in [-0.15, -0.1) is 0 Å². The van der Waals surface area contributed by atoms with Crippen LogP contribution < -0.4 is 0 Å². The number of benzene rings is 1. The predicted molar refractivity (Wildman–Crippen MR) is 111 cm³/mol. The molecular formula is C19H15N5O4S. The molecule has 2 aliphatic heterocycles. The van der Waals surface area contributed by atoms with Crippen molar-refractivity contribution in [3.05, 3.63) is 57.3 Å². The Hall–Kier alpha value is -3.53. The Kier molecular flexibility index (Phi) is 4.63. The molecule has 2 aliphatic rings. The number of thioether (sulfide) groups is 1. The highest BCUT2D eigenvalue weighted by atomic mass is 32.2. The number of aryl methyl sites for hydroxylation is 1. The second-order valence-electron chi connectivity index (χ2n) is 6.33. The minimum Gasteiger partial charge on any atom is -0.457 e. The average molecular weight is 409 g/mol.